The van der Waals surface area contributed by atoms with Crippen LogP contribution in [0.15, 0.2) is 54.6 Å². The van der Waals surface area contributed by atoms with Gasteiger partial charge in [0.15, 0.2) is 0 Å². The van der Waals surface area contributed by atoms with Crippen LogP contribution in [0, 0.1) is 0 Å². The number of β-amino-alcohol motifs (C(OH)–C–C–N with tert-alkyl or cyclic N) is 1. The van der Waals surface area contributed by atoms with Crippen molar-refractivity contribution in [2.45, 2.75) is 49.7 Å². The van der Waals surface area contributed by atoms with Crippen molar-refractivity contribution in [1.29, 1.82) is 0 Å². The van der Waals surface area contributed by atoms with Gasteiger partial charge < -0.3 is 19.6 Å². The van der Waals surface area contributed by atoms with Gasteiger partial charge in [0.1, 0.15) is 5.75 Å². The number of likely N-dealkylation sites (tertiary alicyclic amines) is 1. The number of carbonyl (C=O) groups excluding carboxylic acids is 2. The van der Waals surface area contributed by atoms with E-state index >= 15 is 0 Å². The quantitative estimate of drug-likeness (QED) is 0.589. The number of aliphatic hydroxyl groups is 1. The standard InChI is InChI=1S/C26H32N2O4/c1-19(29)32-23-11-7-10-21(16-23)25-14-15-27(2)18-26(25,31)13-12-22(17-25)28(3)24(30)20-8-5-4-6-9-20/h4-11,16,22,31H,12-15,17-18H2,1-3H3/t22-,25-,26-/m0/s1. The van der Waals surface area contributed by atoms with Crippen molar-refractivity contribution in [1.82, 2.24) is 9.80 Å². The first-order valence-corrected chi connectivity index (χ1v) is 11.3. The Kier molecular flexibility index (Phi) is 6.10. The van der Waals surface area contributed by atoms with Crippen LogP contribution in [0.3, 0.4) is 0 Å². The Bertz CT molecular complexity index is 994. The van der Waals surface area contributed by atoms with E-state index in [4.69, 9.17) is 4.74 Å². The number of carbonyl (C=O) groups is 2. The zero-order valence-electron chi connectivity index (χ0n) is 19.1. The van der Waals surface area contributed by atoms with Crippen molar-refractivity contribution in [3.63, 3.8) is 0 Å². The number of fused-ring (bicyclic) bond motifs is 1. The van der Waals surface area contributed by atoms with Gasteiger partial charge in [0.2, 0.25) is 0 Å². The summed E-state index contributed by atoms with van der Waals surface area (Å²) in [7, 11) is 3.90. The van der Waals surface area contributed by atoms with E-state index in [0.717, 1.165) is 24.9 Å². The lowest BCUT2D eigenvalue weighted by molar-refractivity contribution is -0.132. The van der Waals surface area contributed by atoms with Crippen LogP contribution in [0.25, 0.3) is 0 Å². The molecule has 1 heterocycles. The predicted octanol–water partition coefficient (Wildman–Crippen LogP) is 3.24. The molecule has 0 spiro atoms. The Labute approximate surface area is 189 Å². The average Bonchev–Trinajstić information content (AvgIpc) is 2.78. The molecule has 0 unspecified atom stereocenters. The molecule has 32 heavy (non-hydrogen) atoms. The fourth-order valence-corrected chi connectivity index (χ4v) is 5.65. The number of nitrogens with zero attached hydrogens (tertiary/aromatic N) is 2. The lowest BCUT2D eigenvalue weighted by atomic mass is 9.55. The van der Waals surface area contributed by atoms with E-state index in [9.17, 15) is 14.7 Å². The molecule has 170 valence electrons. The molecule has 0 radical (unpaired) electrons. The first-order chi connectivity index (χ1) is 15.2. The highest BCUT2D eigenvalue weighted by atomic mass is 16.5. The normalized spacial score (nSPS) is 27.9. The van der Waals surface area contributed by atoms with Gasteiger partial charge in [0.05, 0.1) is 5.60 Å². The highest BCUT2D eigenvalue weighted by molar-refractivity contribution is 5.94. The summed E-state index contributed by atoms with van der Waals surface area (Å²) in [5.74, 6) is 0.118. The fraction of sp³-hybridized carbons (Fsp3) is 0.462. The minimum Gasteiger partial charge on any atom is -0.427 e. The molecule has 6 heteroatoms. The molecule has 1 amide bonds. The van der Waals surface area contributed by atoms with Crippen LogP contribution in [0.1, 0.15) is 48.5 Å². The topological polar surface area (TPSA) is 70.1 Å². The smallest absolute Gasteiger partial charge is 0.308 e. The van der Waals surface area contributed by atoms with E-state index in [2.05, 4.69) is 4.90 Å². The Hall–Kier alpha value is -2.70. The van der Waals surface area contributed by atoms with Crippen LogP contribution in [0.4, 0.5) is 0 Å². The van der Waals surface area contributed by atoms with Gasteiger partial charge >= 0.3 is 5.97 Å². The Morgan fingerprint density at radius 1 is 1.12 bits per heavy atom. The molecular weight excluding hydrogens is 404 g/mol. The van der Waals surface area contributed by atoms with Gasteiger partial charge in [-0.1, -0.05) is 30.3 Å². The molecule has 1 saturated heterocycles. The molecule has 0 aromatic heterocycles. The van der Waals surface area contributed by atoms with Crippen molar-refractivity contribution < 1.29 is 19.4 Å². The second kappa shape index (κ2) is 8.68. The third-order valence-electron chi connectivity index (χ3n) is 7.35. The summed E-state index contributed by atoms with van der Waals surface area (Å²) in [5.41, 5.74) is 0.202. The van der Waals surface area contributed by atoms with Gasteiger partial charge in [0.25, 0.3) is 5.91 Å². The first kappa shape index (κ1) is 22.5. The highest BCUT2D eigenvalue weighted by Crippen LogP contribution is 2.52. The van der Waals surface area contributed by atoms with Gasteiger partial charge in [-0.05, 0) is 69.1 Å². The lowest BCUT2D eigenvalue weighted by Gasteiger charge is -2.58. The zero-order valence-corrected chi connectivity index (χ0v) is 19.1. The van der Waals surface area contributed by atoms with E-state index in [1.807, 2.05) is 67.5 Å². The van der Waals surface area contributed by atoms with Gasteiger partial charge in [0, 0.05) is 37.5 Å². The molecule has 0 bridgehead atoms. The second-order valence-electron chi connectivity index (χ2n) is 9.40. The molecule has 4 rings (SSSR count). The van der Waals surface area contributed by atoms with Crippen molar-refractivity contribution in [3.8, 4) is 5.75 Å². The van der Waals surface area contributed by atoms with E-state index < -0.39 is 11.0 Å². The maximum Gasteiger partial charge on any atom is 0.308 e. The maximum absolute atomic E-state index is 13.1. The van der Waals surface area contributed by atoms with Crippen molar-refractivity contribution >= 4 is 11.9 Å². The van der Waals surface area contributed by atoms with Gasteiger partial charge in [-0.2, -0.15) is 0 Å². The second-order valence-corrected chi connectivity index (χ2v) is 9.40. The molecular formula is C26H32N2O4. The van der Waals surface area contributed by atoms with E-state index in [0.29, 0.717) is 30.7 Å². The molecule has 2 fully saturated rings. The van der Waals surface area contributed by atoms with Crippen LogP contribution >= 0.6 is 0 Å². The number of piperidine rings is 1. The SMILES string of the molecule is CC(=O)Oc1cccc([C@@]23CCN(C)C[C@@]2(O)CC[C@H](N(C)C(=O)c2ccccc2)C3)c1. The molecule has 6 nitrogen and oxygen atoms in total. The van der Waals surface area contributed by atoms with Crippen LogP contribution in [0.5, 0.6) is 5.75 Å². The van der Waals surface area contributed by atoms with Crippen LogP contribution in [-0.4, -0.2) is 65.6 Å². The predicted molar refractivity (Wildman–Crippen MR) is 123 cm³/mol. The molecule has 1 aliphatic carbocycles. The molecule has 2 aromatic carbocycles. The molecule has 1 saturated carbocycles. The van der Waals surface area contributed by atoms with E-state index in [1.54, 1.807) is 6.07 Å². The third kappa shape index (κ3) is 4.05. The number of hydrogen-bond donors (Lipinski definition) is 1. The number of benzene rings is 2. The third-order valence-corrected chi connectivity index (χ3v) is 7.35. The molecule has 1 N–H and O–H groups in total. The summed E-state index contributed by atoms with van der Waals surface area (Å²) < 4.78 is 5.35. The van der Waals surface area contributed by atoms with Crippen LogP contribution in [0.2, 0.25) is 0 Å². The highest BCUT2D eigenvalue weighted by Gasteiger charge is 2.57. The minimum absolute atomic E-state index is 0.00205. The average molecular weight is 437 g/mol. The Morgan fingerprint density at radius 2 is 1.88 bits per heavy atom. The number of amides is 1. The number of likely N-dealkylation sites (N-methyl/N-ethyl adjacent to an activating group) is 1. The molecule has 1 aliphatic heterocycles. The molecule has 3 atom stereocenters. The van der Waals surface area contributed by atoms with E-state index in [1.165, 1.54) is 6.92 Å². The fourth-order valence-electron chi connectivity index (χ4n) is 5.65. The van der Waals surface area contributed by atoms with Crippen molar-refractivity contribution in [2.75, 3.05) is 27.2 Å². The molecule has 2 aliphatic rings. The summed E-state index contributed by atoms with van der Waals surface area (Å²) >= 11 is 0. The van der Waals surface area contributed by atoms with Gasteiger partial charge in [-0.15, -0.1) is 0 Å². The number of hydrogen-bond acceptors (Lipinski definition) is 5. The zero-order chi connectivity index (χ0) is 22.9. The number of rotatable bonds is 4. The van der Waals surface area contributed by atoms with Crippen molar-refractivity contribution in [3.05, 3.63) is 65.7 Å². The summed E-state index contributed by atoms with van der Waals surface area (Å²) in [6.07, 6.45) is 2.78. The Morgan fingerprint density at radius 3 is 2.59 bits per heavy atom. The Balaban J connectivity index is 1.69. The number of esters is 1. The van der Waals surface area contributed by atoms with Gasteiger partial charge in [-0.25, -0.2) is 0 Å². The number of ether oxygens (including phenoxy) is 1. The van der Waals surface area contributed by atoms with Crippen molar-refractivity contribution in [2.24, 2.45) is 0 Å². The first-order valence-electron chi connectivity index (χ1n) is 11.3. The lowest BCUT2D eigenvalue weighted by Crippen LogP contribution is -2.66. The summed E-state index contributed by atoms with van der Waals surface area (Å²) in [6.45, 7) is 2.81. The summed E-state index contributed by atoms with van der Waals surface area (Å²) in [4.78, 5) is 28.7. The maximum atomic E-state index is 13.1. The monoisotopic (exact) mass is 436 g/mol. The van der Waals surface area contributed by atoms with Crippen LogP contribution < -0.4 is 4.74 Å². The van der Waals surface area contributed by atoms with Gasteiger partial charge in [-0.3, -0.25) is 9.59 Å². The van der Waals surface area contributed by atoms with E-state index in [-0.39, 0.29) is 17.9 Å². The molecule has 2 aromatic rings. The summed E-state index contributed by atoms with van der Waals surface area (Å²) in [6, 6.07) is 16.9. The summed E-state index contributed by atoms with van der Waals surface area (Å²) in [5, 5.41) is 11.9. The van der Waals surface area contributed by atoms with Crippen LogP contribution in [-0.2, 0) is 10.2 Å². The minimum atomic E-state index is -0.915. The largest absolute Gasteiger partial charge is 0.427 e.